The van der Waals surface area contributed by atoms with Crippen LogP contribution in [0.25, 0.3) is 0 Å². The Balaban J connectivity index is 2.02. The Morgan fingerprint density at radius 3 is 2.38 bits per heavy atom. The van der Waals surface area contributed by atoms with Crippen molar-refractivity contribution in [3.8, 4) is 0 Å². The predicted octanol–water partition coefficient (Wildman–Crippen LogP) is 2.49. The molecular weight excluding hydrogens is 294 g/mol. The molecule has 0 aromatic heterocycles. The maximum absolute atomic E-state index is 12.4. The molecule has 0 radical (unpaired) electrons. The molecule has 1 aliphatic rings. The number of likely N-dealkylation sites (N-methyl/N-ethyl adjacent to an activating group) is 1. The molecule has 6 heteroatoms. The second-order valence-corrected chi connectivity index (χ2v) is 5.64. The average molecular weight is 312 g/mol. The highest BCUT2D eigenvalue weighted by atomic mass is 35.5. The molecule has 1 N–H and O–H groups in total. The summed E-state index contributed by atoms with van der Waals surface area (Å²) >= 11 is 5.85. The molecule has 1 unspecified atom stereocenters. The minimum Gasteiger partial charge on any atom is -0.479 e. The molecule has 5 nitrogen and oxygen atoms in total. The van der Waals surface area contributed by atoms with Crippen molar-refractivity contribution in [2.45, 2.75) is 38.0 Å². The first-order valence-electron chi connectivity index (χ1n) is 6.80. The number of aliphatic carboxylic acids is 1. The van der Waals surface area contributed by atoms with Gasteiger partial charge in [-0.1, -0.05) is 23.7 Å². The van der Waals surface area contributed by atoms with E-state index in [1.54, 1.807) is 24.1 Å². The van der Waals surface area contributed by atoms with E-state index in [-0.39, 0.29) is 11.9 Å². The van der Waals surface area contributed by atoms with E-state index in [0.717, 1.165) is 5.56 Å². The fourth-order valence-corrected chi connectivity index (χ4v) is 2.51. The largest absolute Gasteiger partial charge is 0.479 e. The highest BCUT2D eigenvalue weighted by molar-refractivity contribution is 6.30. The zero-order valence-corrected chi connectivity index (χ0v) is 12.7. The van der Waals surface area contributed by atoms with Gasteiger partial charge >= 0.3 is 5.97 Å². The van der Waals surface area contributed by atoms with Crippen LogP contribution in [0.3, 0.4) is 0 Å². The van der Waals surface area contributed by atoms with E-state index in [1.165, 1.54) is 0 Å². The van der Waals surface area contributed by atoms with Crippen LogP contribution in [-0.2, 0) is 14.3 Å². The fraction of sp³-hybridized carbons (Fsp3) is 0.467. The van der Waals surface area contributed by atoms with E-state index < -0.39 is 18.2 Å². The lowest BCUT2D eigenvalue weighted by molar-refractivity contribution is -0.155. The molecule has 1 aromatic carbocycles. The summed E-state index contributed by atoms with van der Waals surface area (Å²) in [5, 5.41) is 9.54. The summed E-state index contributed by atoms with van der Waals surface area (Å²) in [5.74, 6) is -1.21. The summed E-state index contributed by atoms with van der Waals surface area (Å²) in [6.45, 7) is 1.91. The Bertz CT molecular complexity index is 531. The summed E-state index contributed by atoms with van der Waals surface area (Å²) in [4.78, 5) is 24.8. The molecule has 21 heavy (non-hydrogen) atoms. The molecule has 3 atom stereocenters. The van der Waals surface area contributed by atoms with E-state index in [2.05, 4.69) is 0 Å². The van der Waals surface area contributed by atoms with Crippen molar-refractivity contribution in [3.63, 3.8) is 0 Å². The fourth-order valence-electron chi connectivity index (χ4n) is 2.38. The van der Waals surface area contributed by atoms with Crippen LogP contribution in [-0.4, -0.2) is 41.1 Å². The van der Waals surface area contributed by atoms with Gasteiger partial charge < -0.3 is 14.7 Å². The average Bonchev–Trinajstić information content (AvgIpc) is 2.96. The molecule has 2 rings (SSSR count). The predicted molar refractivity (Wildman–Crippen MR) is 78.2 cm³/mol. The van der Waals surface area contributed by atoms with Crippen LogP contribution in [0, 0.1) is 0 Å². The molecule has 0 saturated carbocycles. The molecule has 0 spiro atoms. The van der Waals surface area contributed by atoms with Crippen molar-refractivity contribution in [2.75, 3.05) is 7.05 Å². The molecule has 1 aliphatic heterocycles. The van der Waals surface area contributed by atoms with Crippen LogP contribution < -0.4 is 0 Å². The minimum absolute atomic E-state index is 0.137. The van der Waals surface area contributed by atoms with Crippen LogP contribution in [0.5, 0.6) is 0 Å². The molecular formula is C15H18ClNO4. The van der Waals surface area contributed by atoms with Crippen molar-refractivity contribution in [2.24, 2.45) is 0 Å². The quantitative estimate of drug-likeness (QED) is 0.927. The zero-order valence-electron chi connectivity index (χ0n) is 12.0. The lowest BCUT2D eigenvalue weighted by Gasteiger charge is -2.27. The number of ether oxygens (including phenoxy) is 1. The van der Waals surface area contributed by atoms with Crippen LogP contribution in [0.1, 0.15) is 31.4 Å². The van der Waals surface area contributed by atoms with Gasteiger partial charge in [0.05, 0.1) is 6.04 Å². The van der Waals surface area contributed by atoms with Gasteiger partial charge in [0.2, 0.25) is 0 Å². The number of carbonyl (C=O) groups excluding carboxylic acids is 1. The maximum Gasteiger partial charge on any atom is 0.332 e. The maximum atomic E-state index is 12.4. The van der Waals surface area contributed by atoms with E-state index >= 15 is 0 Å². The molecule has 0 bridgehead atoms. The van der Waals surface area contributed by atoms with Crippen molar-refractivity contribution in [1.29, 1.82) is 0 Å². The lowest BCUT2D eigenvalue weighted by atomic mass is 10.1. The summed E-state index contributed by atoms with van der Waals surface area (Å²) in [7, 11) is 1.69. The highest BCUT2D eigenvalue weighted by Crippen LogP contribution is 2.26. The van der Waals surface area contributed by atoms with E-state index in [1.807, 2.05) is 19.1 Å². The van der Waals surface area contributed by atoms with Gasteiger partial charge in [0, 0.05) is 12.1 Å². The summed E-state index contributed by atoms with van der Waals surface area (Å²) in [6.07, 6.45) is -0.744. The topological polar surface area (TPSA) is 66.8 Å². The van der Waals surface area contributed by atoms with Crippen LogP contribution >= 0.6 is 11.6 Å². The summed E-state index contributed by atoms with van der Waals surface area (Å²) < 4.78 is 5.30. The summed E-state index contributed by atoms with van der Waals surface area (Å²) in [5.41, 5.74) is 0.961. The molecule has 1 heterocycles. The number of carboxylic acid groups (broad SMARTS) is 1. The zero-order chi connectivity index (χ0) is 15.6. The third kappa shape index (κ3) is 3.54. The monoisotopic (exact) mass is 311 g/mol. The minimum atomic E-state index is -1.02. The highest BCUT2D eigenvalue weighted by Gasteiger charge is 2.37. The number of nitrogens with zero attached hydrogens (tertiary/aromatic N) is 1. The Kier molecular flexibility index (Phi) is 4.85. The van der Waals surface area contributed by atoms with Gasteiger partial charge in [-0.3, -0.25) is 4.79 Å². The smallest absolute Gasteiger partial charge is 0.332 e. The number of halogens is 1. The molecule has 1 amide bonds. The summed E-state index contributed by atoms with van der Waals surface area (Å²) in [6, 6.07) is 7.15. The van der Waals surface area contributed by atoms with Gasteiger partial charge in [0.15, 0.2) is 6.10 Å². The number of rotatable bonds is 4. The number of amides is 1. The van der Waals surface area contributed by atoms with Crippen LogP contribution in [0.4, 0.5) is 0 Å². The molecule has 1 saturated heterocycles. The number of hydrogen-bond acceptors (Lipinski definition) is 3. The SMILES string of the molecule is CC(c1ccc(Cl)cc1)N(C)C(=O)[C@@H]1CC[C@H](C(=O)O)O1. The van der Waals surface area contributed by atoms with E-state index in [0.29, 0.717) is 17.9 Å². The van der Waals surface area contributed by atoms with Gasteiger partial charge in [-0.05, 0) is 37.5 Å². The first-order valence-corrected chi connectivity index (χ1v) is 7.18. The van der Waals surface area contributed by atoms with Crippen molar-refractivity contribution < 1.29 is 19.4 Å². The van der Waals surface area contributed by atoms with Crippen molar-refractivity contribution >= 4 is 23.5 Å². The van der Waals surface area contributed by atoms with Gasteiger partial charge in [-0.25, -0.2) is 4.79 Å². The normalized spacial score (nSPS) is 22.8. The van der Waals surface area contributed by atoms with Gasteiger partial charge in [-0.2, -0.15) is 0 Å². The molecule has 1 aromatic rings. The van der Waals surface area contributed by atoms with Crippen molar-refractivity contribution in [1.82, 2.24) is 4.90 Å². The number of carboxylic acids is 1. The standard InChI is InChI=1S/C15H18ClNO4/c1-9(10-3-5-11(16)6-4-10)17(2)14(18)12-7-8-13(21-12)15(19)20/h3-6,9,12-13H,7-8H2,1-2H3,(H,19,20)/t9?,12-,13+/m0/s1. The first kappa shape index (κ1) is 15.8. The van der Waals surface area contributed by atoms with Crippen molar-refractivity contribution in [3.05, 3.63) is 34.9 Å². The second-order valence-electron chi connectivity index (χ2n) is 5.21. The number of benzene rings is 1. The Morgan fingerprint density at radius 1 is 1.29 bits per heavy atom. The molecule has 0 aliphatic carbocycles. The number of hydrogen-bond donors (Lipinski definition) is 1. The molecule has 114 valence electrons. The number of carbonyl (C=O) groups is 2. The Morgan fingerprint density at radius 2 is 1.86 bits per heavy atom. The Labute approximate surface area is 128 Å². The Hall–Kier alpha value is -1.59. The first-order chi connectivity index (χ1) is 9.90. The lowest BCUT2D eigenvalue weighted by Crippen LogP contribution is -2.38. The molecule has 1 fully saturated rings. The van der Waals surface area contributed by atoms with Gasteiger partial charge in [0.1, 0.15) is 6.10 Å². The second kappa shape index (κ2) is 6.45. The third-order valence-electron chi connectivity index (χ3n) is 3.85. The van der Waals surface area contributed by atoms with Gasteiger partial charge in [0.25, 0.3) is 5.91 Å². The van der Waals surface area contributed by atoms with Gasteiger partial charge in [-0.15, -0.1) is 0 Å². The van der Waals surface area contributed by atoms with E-state index in [9.17, 15) is 9.59 Å². The van der Waals surface area contributed by atoms with Crippen LogP contribution in [0.15, 0.2) is 24.3 Å². The third-order valence-corrected chi connectivity index (χ3v) is 4.10. The van der Waals surface area contributed by atoms with E-state index in [4.69, 9.17) is 21.4 Å². The van der Waals surface area contributed by atoms with Crippen LogP contribution in [0.2, 0.25) is 5.02 Å².